The van der Waals surface area contributed by atoms with Gasteiger partial charge in [0.15, 0.2) is 5.11 Å². The maximum Gasteiger partial charge on any atom is 0.308 e. The number of nitrogens with one attached hydrogen (secondary N) is 2. The molecular weight excluding hydrogens is 414 g/mol. The van der Waals surface area contributed by atoms with Crippen molar-refractivity contribution in [2.24, 2.45) is 0 Å². The van der Waals surface area contributed by atoms with Crippen molar-refractivity contribution in [2.75, 3.05) is 26.3 Å². The molecule has 1 aromatic rings. The van der Waals surface area contributed by atoms with E-state index in [1.807, 2.05) is 17.5 Å². The molecule has 8 nitrogen and oxygen atoms in total. The summed E-state index contributed by atoms with van der Waals surface area (Å²) in [7, 11) is 0. The van der Waals surface area contributed by atoms with E-state index in [9.17, 15) is 14.4 Å². The average molecular weight is 438 g/mol. The van der Waals surface area contributed by atoms with Crippen LogP contribution in [0.5, 0.6) is 0 Å². The number of piperazine rings is 1. The summed E-state index contributed by atoms with van der Waals surface area (Å²) < 4.78 is 10.7. The molecule has 2 fully saturated rings. The molecular formula is C19H23N3O5S2. The lowest BCUT2D eigenvalue weighted by Gasteiger charge is -2.36. The van der Waals surface area contributed by atoms with Crippen LogP contribution in [0.25, 0.3) is 6.08 Å². The predicted octanol–water partition coefficient (Wildman–Crippen LogP) is 1.08. The number of amides is 2. The summed E-state index contributed by atoms with van der Waals surface area (Å²) >= 11 is 6.82. The Labute approximate surface area is 178 Å². The van der Waals surface area contributed by atoms with E-state index < -0.39 is 17.9 Å². The van der Waals surface area contributed by atoms with Gasteiger partial charge in [-0.3, -0.25) is 19.7 Å². The Kier molecular flexibility index (Phi) is 7.73. The van der Waals surface area contributed by atoms with Crippen LogP contribution in [0.4, 0.5) is 0 Å². The first kappa shape index (κ1) is 21.4. The highest BCUT2D eigenvalue weighted by Gasteiger charge is 2.34. The third kappa shape index (κ3) is 6.34. The van der Waals surface area contributed by atoms with Gasteiger partial charge in [-0.1, -0.05) is 6.07 Å². The average Bonchev–Trinajstić information content (AvgIpc) is 3.40. The van der Waals surface area contributed by atoms with Gasteiger partial charge >= 0.3 is 5.97 Å². The number of ether oxygens (including phenoxy) is 2. The molecule has 2 saturated heterocycles. The number of nitrogens with zero attached hydrogens (tertiary/aromatic N) is 1. The number of hydrogen-bond acceptors (Lipinski definition) is 7. The summed E-state index contributed by atoms with van der Waals surface area (Å²) in [4.78, 5) is 39.1. The molecule has 10 heteroatoms. The minimum Gasteiger partial charge on any atom is -0.463 e. The van der Waals surface area contributed by atoms with Crippen molar-refractivity contribution in [1.82, 2.24) is 15.5 Å². The van der Waals surface area contributed by atoms with Crippen molar-refractivity contribution >= 4 is 52.5 Å². The Morgan fingerprint density at radius 2 is 2.34 bits per heavy atom. The maximum absolute atomic E-state index is 12.3. The van der Waals surface area contributed by atoms with Gasteiger partial charge in [0.05, 0.1) is 12.5 Å². The van der Waals surface area contributed by atoms with E-state index in [0.29, 0.717) is 19.7 Å². The third-order valence-corrected chi connectivity index (χ3v) is 5.75. The number of thiophene rings is 1. The number of rotatable bonds is 6. The first-order valence-corrected chi connectivity index (χ1v) is 10.7. The van der Waals surface area contributed by atoms with E-state index in [-0.39, 0.29) is 30.2 Å². The number of carbonyl (C=O) groups is 3. The summed E-state index contributed by atoms with van der Waals surface area (Å²) in [6.07, 6.45) is 4.65. The zero-order valence-electron chi connectivity index (χ0n) is 15.8. The van der Waals surface area contributed by atoms with Gasteiger partial charge in [-0.05, 0) is 42.6 Å². The second-order valence-corrected chi connectivity index (χ2v) is 8.03. The molecule has 2 atom stereocenters. The fourth-order valence-electron chi connectivity index (χ4n) is 3.10. The maximum atomic E-state index is 12.3. The van der Waals surface area contributed by atoms with E-state index in [4.69, 9.17) is 21.7 Å². The van der Waals surface area contributed by atoms with Gasteiger partial charge < -0.3 is 19.7 Å². The SMILES string of the molecule is O=C(/C=C/c1cccs1)NC(=S)N1CCNC(=O)[C@H]1CC(=O)OC[C@H]1CCCO1. The molecule has 2 amide bonds. The van der Waals surface area contributed by atoms with Gasteiger partial charge in [0.25, 0.3) is 0 Å². The van der Waals surface area contributed by atoms with Gasteiger partial charge in [0.1, 0.15) is 12.6 Å². The Morgan fingerprint density at radius 3 is 3.07 bits per heavy atom. The minimum atomic E-state index is -0.824. The summed E-state index contributed by atoms with van der Waals surface area (Å²) in [5.74, 6) is -1.22. The number of thiocarbonyl (C=S) groups is 1. The van der Waals surface area contributed by atoms with Gasteiger partial charge in [-0.15, -0.1) is 11.3 Å². The minimum absolute atomic E-state index is 0.0780. The van der Waals surface area contributed by atoms with Crippen molar-refractivity contribution < 1.29 is 23.9 Å². The molecule has 1 aromatic heterocycles. The van der Waals surface area contributed by atoms with E-state index in [2.05, 4.69) is 10.6 Å². The fourth-order valence-corrected chi connectivity index (χ4v) is 4.04. The van der Waals surface area contributed by atoms with Crippen LogP contribution in [0.1, 0.15) is 24.1 Å². The zero-order chi connectivity index (χ0) is 20.6. The molecule has 3 rings (SSSR count). The topological polar surface area (TPSA) is 97.0 Å². The molecule has 29 heavy (non-hydrogen) atoms. The molecule has 2 N–H and O–H groups in total. The van der Waals surface area contributed by atoms with Crippen LogP contribution in [0, 0.1) is 0 Å². The Balaban J connectivity index is 1.53. The summed E-state index contributed by atoms with van der Waals surface area (Å²) in [6.45, 7) is 1.63. The number of carbonyl (C=O) groups excluding carboxylic acids is 3. The van der Waals surface area contributed by atoms with Crippen molar-refractivity contribution in [2.45, 2.75) is 31.4 Å². The summed E-state index contributed by atoms with van der Waals surface area (Å²) in [6, 6.07) is 2.96. The van der Waals surface area contributed by atoms with Crippen molar-refractivity contribution in [3.05, 3.63) is 28.5 Å². The van der Waals surface area contributed by atoms with Crippen molar-refractivity contribution in [1.29, 1.82) is 0 Å². The molecule has 0 bridgehead atoms. The molecule has 0 unspecified atom stereocenters. The largest absolute Gasteiger partial charge is 0.463 e. The predicted molar refractivity (Wildman–Crippen MR) is 112 cm³/mol. The second kappa shape index (κ2) is 10.5. The van der Waals surface area contributed by atoms with E-state index in [1.54, 1.807) is 11.0 Å². The van der Waals surface area contributed by atoms with E-state index >= 15 is 0 Å². The number of esters is 1. The standard InChI is InChI=1S/C19H23N3O5S2/c23-16(6-5-14-4-2-10-29-14)21-19(28)22-8-7-20-18(25)15(22)11-17(24)27-12-13-3-1-9-26-13/h2,4-6,10,13,15H,1,3,7-9,11-12H2,(H,20,25)(H,21,23,28)/b6-5+/t13-,15-/m1/s1. The Hall–Kier alpha value is -2.30. The molecule has 2 aliphatic heterocycles. The van der Waals surface area contributed by atoms with Gasteiger partial charge in [0, 0.05) is 30.6 Å². The zero-order valence-corrected chi connectivity index (χ0v) is 17.4. The highest BCUT2D eigenvalue weighted by atomic mass is 32.1. The number of hydrogen-bond donors (Lipinski definition) is 2. The highest BCUT2D eigenvalue weighted by molar-refractivity contribution is 7.80. The van der Waals surface area contributed by atoms with E-state index in [0.717, 1.165) is 17.7 Å². The van der Waals surface area contributed by atoms with Gasteiger partial charge in [0.2, 0.25) is 11.8 Å². The second-order valence-electron chi connectivity index (χ2n) is 6.67. The molecule has 0 spiro atoms. The molecule has 0 saturated carbocycles. The Bertz CT molecular complexity index is 775. The van der Waals surface area contributed by atoms with Crippen LogP contribution >= 0.6 is 23.6 Å². The van der Waals surface area contributed by atoms with Gasteiger partial charge in [-0.2, -0.15) is 0 Å². The quantitative estimate of drug-likeness (QED) is 0.390. The van der Waals surface area contributed by atoms with Crippen LogP contribution in [-0.4, -0.2) is 66.2 Å². The summed E-state index contributed by atoms with van der Waals surface area (Å²) in [5.41, 5.74) is 0. The third-order valence-electron chi connectivity index (χ3n) is 4.58. The monoisotopic (exact) mass is 437 g/mol. The molecule has 0 radical (unpaired) electrons. The molecule has 2 aliphatic rings. The van der Waals surface area contributed by atoms with Gasteiger partial charge in [-0.25, -0.2) is 0 Å². The van der Waals surface area contributed by atoms with Crippen LogP contribution in [0.15, 0.2) is 23.6 Å². The highest BCUT2D eigenvalue weighted by Crippen LogP contribution is 2.14. The van der Waals surface area contributed by atoms with Crippen LogP contribution < -0.4 is 10.6 Å². The summed E-state index contributed by atoms with van der Waals surface area (Å²) in [5, 5.41) is 7.34. The normalized spacial score (nSPS) is 21.8. The first-order chi connectivity index (χ1) is 14.0. The lowest BCUT2D eigenvalue weighted by Crippen LogP contribution is -2.60. The lowest BCUT2D eigenvalue weighted by atomic mass is 10.1. The lowest BCUT2D eigenvalue weighted by molar-refractivity contribution is -0.150. The first-order valence-electron chi connectivity index (χ1n) is 9.41. The Morgan fingerprint density at radius 1 is 1.48 bits per heavy atom. The van der Waals surface area contributed by atoms with Crippen LogP contribution in [0.3, 0.4) is 0 Å². The smallest absolute Gasteiger partial charge is 0.308 e. The van der Waals surface area contributed by atoms with Crippen LogP contribution in [-0.2, 0) is 23.9 Å². The van der Waals surface area contributed by atoms with Crippen molar-refractivity contribution in [3.63, 3.8) is 0 Å². The molecule has 156 valence electrons. The van der Waals surface area contributed by atoms with Crippen LogP contribution in [0.2, 0.25) is 0 Å². The fraction of sp³-hybridized carbons (Fsp3) is 0.474. The molecule has 0 aromatic carbocycles. The molecule has 0 aliphatic carbocycles. The molecule has 3 heterocycles. The van der Waals surface area contributed by atoms with Crippen molar-refractivity contribution in [3.8, 4) is 0 Å². The van der Waals surface area contributed by atoms with E-state index in [1.165, 1.54) is 17.4 Å².